The molecule has 1 saturated carbocycles. The number of halogens is 3. The molecule has 78 valence electrons. The molecule has 1 fully saturated rings. The summed E-state index contributed by atoms with van der Waals surface area (Å²) in [5.41, 5.74) is 0. The molecule has 0 radical (unpaired) electrons. The molecule has 0 aliphatic heterocycles. The van der Waals surface area contributed by atoms with E-state index in [0.29, 0.717) is 0 Å². The van der Waals surface area contributed by atoms with Gasteiger partial charge in [-0.1, -0.05) is 19.3 Å². The molecule has 1 aliphatic rings. The molecule has 0 amide bonds. The molecule has 1 aliphatic carbocycles. The summed E-state index contributed by atoms with van der Waals surface area (Å²) in [5.74, 6) is 0. The topological polar surface area (TPSA) is 3.24 Å². The Balaban J connectivity index is 0.00000169. The average molecular weight is 233 g/mol. The molecular weight excluding hydrogens is 217 g/mol. The SMILES string of the molecule is CN(C[B-](F)(F)F)C1CCCCC1.[K+]. The van der Waals surface area contributed by atoms with Gasteiger partial charge in [0.2, 0.25) is 0 Å². The van der Waals surface area contributed by atoms with E-state index >= 15 is 0 Å². The van der Waals surface area contributed by atoms with Crippen molar-refractivity contribution >= 4 is 6.98 Å². The zero-order chi connectivity index (χ0) is 9.90. The molecule has 0 atom stereocenters. The van der Waals surface area contributed by atoms with E-state index in [4.69, 9.17) is 0 Å². The molecule has 1 rings (SSSR count). The van der Waals surface area contributed by atoms with Gasteiger partial charge < -0.3 is 17.8 Å². The molecule has 1 nitrogen and oxygen atoms in total. The summed E-state index contributed by atoms with van der Waals surface area (Å²) in [6.45, 7) is -4.65. The second kappa shape index (κ2) is 6.91. The summed E-state index contributed by atoms with van der Waals surface area (Å²) in [4.78, 5) is 1.47. The van der Waals surface area contributed by atoms with Crippen LogP contribution in [0.5, 0.6) is 0 Å². The van der Waals surface area contributed by atoms with Crippen LogP contribution in [0.3, 0.4) is 0 Å². The summed E-state index contributed by atoms with van der Waals surface area (Å²) in [7, 11) is 1.59. The van der Waals surface area contributed by atoms with Crippen molar-refractivity contribution in [3.63, 3.8) is 0 Å². The monoisotopic (exact) mass is 233 g/mol. The van der Waals surface area contributed by atoms with Crippen molar-refractivity contribution < 1.29 is 64.3 Å². The zero-order valence-electron chi connectivity index (χ0n) is 8.98. The van der Waals surface area contributed by atoms with Crippen LogP contribution in [-0.4, -0.2) is 31.4 Å². The van der Waals surface area contributed by atoms with Gasteiger partial charge in [-0.25, -0.2) is 0 Å². The normalized spacial score (nSPS) is 19.5. The van der Waals surface area contributed by atoms with Gasteiger partial charge in [-0.05, 0) is 26.3 Å². The number of nitrogens with zero attached hydrogens (tertiary/aromatic N) is 1. The van der Waals surface area contributed by atoms with Crippen molar-refractivity contribution in [1.29, 1.82) is 0 Å². The average Bonchev–Trinajstić information content (AvgIpc) is 2.03. The first-order valence-corrected chi connectivity index (χ1v) is 4.90. The predicted octanol–water partition coefficient (Wildman–Crippen LogP) is -0.358. The minimum absolute atomic E-state index is 0. The van der Waals surface area contributed by atoms with Crippen LogP contribution in [0.25, 0.3) is 0 Å². The molecule has 0 saturated heterocycles. The Morgan fingerprint density at radius 1 is 1.14 bits per heavy atom. The van der Waals surface area contributed by atoms with Gasteiger partial charge >= 0.3 is 58.4 Å². The van der Waals surface area contributed by atoms with Crippen LogP contribution in [0.1, 0.15) is 32.1 Å². The van der Waals surface area contributed by atoms with Crippen molar-refractivity contribution in [2.45, 2.75) is 38.1 Å². The summed E-state index contributed by atoms with van der Waals surface area (Å²) in [5, 5.41) is 0. The molecule has 0 unspecified atom stereocenters. The van der Waals surface area contributed by atoms with Gasteiger partial charge in [0.25, 0.3) is 0 Å². The van der Waals surface area contributed by atoms with Crippen LogP contribution >= 0.6 is 0 Å². The maximum Gasteiger partial charge on any atom is 1.00 e. The third-order valence-electron chi connectivity index (χ3n) is 2.69. The minimum atomic E-state index is -4.65. The van der Waals surface area contributed by atoms with Crippen molar-refractivity contribution in [3.05, 3.63) is 0 Å². The van der Waals surface area contributed by atoms with E-state index in [2.05, 4.69) is 0 Å². The van der Waals surface area contributed by atoms with Crippen LogP contribution in [0.15, 0.2) is 0 Å². The third kappa shape index (κ3) is 6.13. The van der Waals surface area contributed by atoms with Crippen molar-refractivity contribution in [1.82, 2.24) is 4.90 Å². The minimum Gasteiger partial charge on any atom is -0.448 e. The molecule has 0 aromatic heterocycles. The van der Waals surface area contributed by atoms with Gasteiger partial charge in [0.05, 0.1) is 0 Å². The van der Waals surface area contributed by atoms with Crippen molar-refractivity contribution in [2.75, 3.05) is 13.5 Å². The van der Waals surface area contributed by atoms with Gasteiger partial charge in [0.1, 0.15) is 0 Å². The van der Waals surface area contributed by atoms with Gasteiger partial charge in [-0.15, -0.1) is 0 Å². The van der Waals surface area contributed by atoms with E-state index in [9.17, 15) is 12.9 Å². The third-order valence-corrected chi connectivity index (χ3v) is 2.69. The van der Waals surface area contributed by atoms with E-state index in [1.54, 1.807) is 7.05 Å². The van der Waals surface area contributed by atoms with Gasteiger partial charge in [0, 0.05) is 6.04 Å². The van der Waals surface area contributed by atoms with E-state index in [-0.39, 0.29) is 57.4 Å². The Kier molecular flexibility index (Phi) is 7.63. The van der Waals surface area contributed by atoms with E-state index in [1.807, 2.05) is 0 Å². The Morgan fingerprint density at radius 3 is 2.07 bits per heavy atom. The van der Waals surface area contributed by atoms with E-state index in [1.165, 1.54) is 11.3 Å². The van der Waals surface area contributed by atoms with Crippen LogP contribution in [0, 0.1) is 0 Å². The summed E-state index contributed by atoms with van der Waals surface area (Å²) in [6, 6.07) is 0.164. The first-order valence-electron chi connectivity index (χ1n) is 4.90. The molecule has 6 heteroatoms. The van der Waals surface area contributed by atoms with Gasteiger partial charge in [-0.2, -0.15) is 0 Å². The number of hydrogen-bond acceptors (Lipinski definition) is 1. The summed E-state index contributed by atoms with van der Waals surface area (Å²) < 4.78 is 36.2. The predicted molar refractivity (Wildman–Crippen MR) is 48.6 cm³/mol. The Morgan fingerprint density at radius 2 is 1.64 bits per heavy atom. The molecule has 0 aromatic rings. The van der Waals surface area contributed by atoms with Crippen LogP contribution < -0.4 is 51.4 Å². The Hall–Kier alpha value is 1.45. The van der Waals surface area contributed by atoms with Crippen LogP contribution in [0.2, 0.25) is 0 Å². The quantitative estimate of drug-likeness (QED) is 0.602. The molecule has 0 bridgehead atoms. The van der Waals surface area contributed by atoms with Crippen LogP contribution in [0.4, 0.5) is 12.9 Å². The van der Waals surface area contributed by atoms with E-state index in [0.717, 1.165) is 25.7 Å². The maximum absolute atomic E-state index is 12.1. The second-order valence-electron chi connectivity index (χ2n) is 3.94. The van der Waals surface area contributed by atoms with Crippen LogP contribution in [-0.2, 0) is 0 Å². The molecule has 0 aromatic carbocycles. The van der Waals surface area contributed by atoms with Gasteiger partial charge in [0.15, 0.2) is 0 Å². The fourth-order valence-corrected chi connectivity index (χ4v) is 2.00. The fraction of sp³-hybridized carbons (Fsp3) is 1.00. The van der Waals surface area contributed by atoms with Crippen molar-refractivity contribution in [2.24, 2.45) is 0 Å². The molecular formula is C8H16BF3KN. The molecule has 14 heavy (non-hydrogen) atoms. The van der Waals surface area contributed by atoms with E-state index < -0.39 is 13.4 Å². The second-order valence-corrected chi connectivity index (χ2v) is 3.94. The summed E-state index contributed by atoms with van der Waals surface area (Å²) >= 11 is 0. The standard InChI is InChI=1S/C8H16BF3N.K/c1-13(7-9(10,11)12)8-5-3-2-4-6-8;/h8H,2-7H2,1H3;/q-1;+1. The maximum atomic E-state index is 12.1. The summed E-state index contributed by atoms with van der Waals surface area (Å²) in [6.07, 6.45) is 4.51. The first kappa shape index (κ1) is 15.5. The first-order chi connectivity index (χ1) is 5.99. The molecule has 0 spiro atoms. The van der Waals surface area contributed by atoms with Gasteiger partial charge in [-0.3, -0.25) is 0 Å². The smallest absolute Gasteiger partial charge is 0.448 e. The Bertz CT molecular complexity index is 159. The van der Waals surface area contributed by atoms with Crippen molar-refractivity contribution in [3.8, 4) is 0 Å². The largest absolute Gasteiger partial charge is 1.00 e. The zero-order valence-corrected chi connectivity index (χ0v) is 12.1. The Labute approximate surface area is 126 Å². The number of rotatable bonds is 3. The molecule has 0 heterocycles. The number of hydrogen-bond donors (Lipinski definition) is 0. The fourth-order valence-electron chi connectivity index (χ4n) is 2.00. The molecule has 0 N–H and O–H groups in total.